The molecule has 0 saturated heterocycles. The molecule has 1 aromatic carbocycles. The number of fused-ring (bicyclic) bond motifs is 1. The van der Waals surface area contributed by atoms with Crippen LogP contribution < -0.4 is 5.56 Å². The molecule has 0 fully saturated rings. The highest BCUT2D eigenvalue weighted by Crippen LogP contribution is 2.33. The number of rotatable bonds is 3. The summed E-state index contributed by atoms with van der Waals surface area (Å²) < 4.78 is 0. The van der Waals surface area contributed by atoms with Crippen LogP contribution in [-0.2, 0) is 19.5 Å². The molecule has 7 nitrogen and oxygen atoms in total. The van der Waals surface area contributed by atoms with Crippen LogP contribution in [0.3, 0.4) is 0 Å². The summed E-state index contributed by atoms with van der Waals surface area (Å²) in [6.45, 7) is 1.34. The lowest BCUT2D eigenvalue weighted by Crippen LogP contribution is -2.35. The summed E-state index contributed by atoms with van der Waals surface area (Å²) in [6.07, 6.45) is 0.544. The fourth-order valence-electron chi connectivity index (χ4n) is 3.17. The Labute approximate surface area is 152 Å². The molecule has 8 heteroatoms. The number of nitrogens with zero attached hydrogens (tertiary/aromatic N) is 2. The second-order valence-electron chi connectivity index (χ2n) is 6.24. The molecule has 1 aliphatic rings. The van der Waals surface area contributed by atoms with Crippen LogP contribution in [0, 0.1) is 0 Å². The number of benzene rings is 1. The van der Waals surface area contributed by atoms with Crippen LogP contribution in [0.1, 0.15) is 16.8 Å². The normalized spacial score (nSPS) is 14.3. The van der Waals surface area contributed by atoms with Crippen LogP contribution >= 0.6 is 11.3 Å². The first-order valence-electron chi connectivity index (χ1n) is 8.13. The maximum atomic E-state index is 12.4. The van der Waals surface area contributed by atoms with Crippen LogP contribution in [-0.4, -0.2) is 36.7 Å². The van der Waals surface area contributed by atoms with Crippen molar-refractivity contribution in [2.24, 2.45) is 0 Å². The lowest BCUT2D eigenvalue weighted by Gasteiger charge is -2.28. The number of aromatic nitrogens is 2. The van der Waals surface area contributed by atoms with Gasteiger partial charge in [0.15, 0.2) is 5.82 Å². The molecule has 4 N–H and O–H groups in total. The van der Waals surface area contributed by atoms with Crippen molar-refractivity contribution in [1.29, 1.82) is 0 Å². The van der Waals surface area contributed by atoms with Crippen molar-refractivity contribution in [2.75, 3.05) is 6.54 Å². The molecule has 1 aliphatic heterocycles. The fraction of sp³-hybridized carbons (Fsp3) is 0.222. The molecule has 0 aliphatic carbocycles. The lowest BCUT2D eigenvalue weighted by molar-refractivity contribution is 0.234. The second kappa shape index (κ2) is 6.47. The molecule has 0 saturated carbocycles. The van der Waals surface area contributed by atoms with E-state index in [9.17, 15) is 20.1 Å². The Balaban J connectivity index is 1.63. The van der Waals surface area contributed by atoms with Crippen molar-refractivity contribution in [3.8, 4) is 28.0 Å². The van der Waals surface area contributed by atoms with E-state index in [4.69, 9.17) is 0 Å². The lowest BCUT2D eigenvalue weighted by atomic mass is 10.0. The number of H-pyrrole nitrogens is 1. The number of nitrogens with one attached hydrogen (secondary N) is 1. The molecule has 0 spiro atoms. The van der Waals surface area contributed by atoms with Crippen molar-refractivity contribution in [3.63, 3.8) is 0 Å². The topological polar surface area (TPSA) is 110 Å². The average molecular weight is 371 g/mol. The SMILES string of the molecule is O=c1[nH]c(-c2cccs2)nc2c1CCN(Cc1c(O)cc(O)cc1O)C2. The van der Waals surface area contributed by atoms with Gasteiger partial charge in [0.1, 0.15) is 17.2 Å². The summed E-state index contributed by atoms with van der Waals surface area (Å²) in [5, 5.41) is 31.3. The van der Waals surface area contributed by atoms with Gasteiger partial charge in [-0.25, -0.2) is 4.98 Å². The summed E-state index contributed by atoms with van der Waals surface area (Å²) in [5.74, 6) is 0.0420. The second-order valence-corrected chi connectivity index (χ2v) is 7.19. The van der Waals surface area contributed by atoms with Crippen LogP contribution in [0.4, 0.5) is 0 Å². The third kappa shape index (κ3) is 3.04. The Morgan fingerprint density at radius 1 is 1.23 bits per heavy atom. The Bertz CT molecular complexity index is 991. The molecule has 4 rings (SSSR count). The molecule has 0 bridgehead atoms. The quantitative estimate of drug-likeness (QED) is 0.562. The van der Waals surface area contributed by atoms with Crippen LogP contribution in [0.25, 0.3) is 10.7 Å². The largest absolute Gasteiger partial charge is 0.508 e. The summed E-state index contributed by atoms with van der Waals surface area (Å²) in [7, 11) is 0. The maximum Gasteiger partial charge on any atom is 0.254 e. The monoisotopic (exact) mass is 371 g/mol. The Hall–Kier alpha value is -2.84. The highest BCUT2D eigenvalue weighted by molar-refractivity contribution is 7.13. The summed E-state index contributed by atoms with van der Waals surface area (Å²) in [4.78, 5) is 22.7. The van der Waals surface area contributed by atoms with Gasteiger partial charge in [-0.15, -0.1) is 11.3 Å². The van der Waals surface area contributed by atoms with E-state index in [0.29, 0.717) is 48.7 Å². The van der Waals surface area contributed by atoms with E-state index < -0.39 is 0 Å². The zero-order chi connectivity index (χ0) is 18.3. The van der Waals surface area contributed by atoms with Gasteiger partial charge in [0.05, 0.1) is 10.6 Å². The van der Waals surface area contributed by atoms with Gasteiger partial charge in [-0.2, -0.15) is 0 Å². The van der Waals surface area contributed by atoms with E-state index in [1.807, 2.05) is 22.4 Å². The Morgan fingerprint density at radius 2 is 2.00 bits per heavy atom. The Kier molecular flexibility index (Phi) is 4.14. The molecule has 3 aromatic rings. The molecule has 0 unspecified atom stereocenters. The van der Waals surface area contributed by atoms with Gasteiger partial charge in [0.25, 0.3) is 5.56 Å². The summed E-state index contributed by atoms with van der Waals surface area (Å²) in [5.41, 5.74) is 1.62. The first-order chi connectivity index (χ1) is 12.5. The number of phenols is 3. The van der Waals surface area contributed by atoms with Gasteiger partial charge in [0, 0.05) is 42.9 Å². The van der Waals surface area contributed by atoms with Crippen molar-refractivity contribution < 1.29 is 15.3 Å². The number of hydrogen-bond donors (Lipinski definition) is 4. The molecular formula is C18H17N3O4S. The number of aromatic hydroxyl groups is 3. The van der Waals surface area contributed by atoms with Gasteiger partial charge in [-0.3, -0.25) is 9.69 Å². The smallest absolute Gasteiger partial charge is 0.254 e. The molecule has 2 aromatic heterocycles. The highest BCUT2D eigenvalue weighted by atomic mass is 32.1. The zero-order valence-electron chi connectivity index (χ0n) is 13.8. The van der Waals surface area contributed by atoms with Crippen molar-refractivity contribution in [1.82, 2.24) is 14.9 Å². The minimum absolute atomic E-state index is 0.117. The number of thiophene rings is 1. The molecule has 134 valence electrons. The molecular weight excluding hydrogens is 354 g/mol. The van der Waals surface area contributed by atoms with Gasteiger partial charge in [-0.05, 0) is 17.9 Å². The number of hydrogen-bond acceptors (Lipinski definition) is 7. The Morgan fingerprint density at radius 3 is 2.69 bits per heavy atom. The van der Waals surface area contributed by atoms with Crippen LogP contribution in [0.5, 0.6) is 17.2 Å². The van der Waals surface area contributed by atoms with Gasteiger partial charge in [0.2, 0.25) is 0 Å². The van der Waals surface area contributed by atoms with E-state index in [2.05, 4.69) is 9.97 Å². The van der Waals surface area contributed by atoms with E-state index in [1.54, 1.807) is 0 Å². The standard InChI is InChI=1S/C18H17N3O4S/c22-10-6-14(23)12(15(24)7-10)8-21-4-3-11-13(9-21)19-17(20-18(11)25)16-2-1-5-26-16/h1-2,5-7,22-24H,3-4,8-9H2,(H,19,20,25). The van der Waals surface area contributed by atoms with Crippen LogP contribution in [0.15, 0.2) is 34.4 Å². The van der Waals surface area contributed by atoms with Gasteiger partial charge in [-0.1, -0.05) is 6.07 Å². The predicted octanol–water partition coefficient (Wildman–Crippen LogP) is 2.17. The fourth-order valence-corrected chi connectivity index (χ4v) is 3.84. The van der Waals surface area contributed by atoms with Crippen LogP contribution in [0.2, 0.25) is 0 Å². The third-order valence-electron chi connectivity index (χ3n) is 4.48. The molecule has 0 radical (unpaired) electrons. The van der Waals surface area contributed by atoms with E-state index in [-0.39, 0.29) is 22.8 Å². The van der Waals surface area contributed by atoms with E-state index >= 15 is 0 Å². The van der Waals surface area contributed by atoms with Crippen molar-refractivity contribution in [3.05, 3.63) is 56.8 Å². The maximum absolute atomic E-state index is 12.4. The minimum Gasteiger partial charge on any atom is -0.508 e. The first-order valence-corrected chi connectivity index (χ1v) is 9.01. The predicted molar refractivity (Wildman–Crippen MR) is 97.4 cm³/mol. The third-order valence-corrected chi connectivity index (χ3v) is 5.35. The van der Waals surface area contributed by atoms with Gasteiger partial charge < -0.3 is 20.3 Å². The van der Waals surface area contributed by atoms with Crippen molar-refractivity contribution in [2.45, 2.75) is 19.5 Å². The minimum atomic E-state index is -0.193. The number of aromatic amines is 1. The van der Waals surface area contributed by atoms with Gasteiger partial charge >= 0.3 is 0 Å². The summed E-state index contributed by atoms with van der Waals surface area (Å²) in [6, 6.07) is 6.21. The molecule has 26 heavy (non-hydrogen) atoms. The number of phenolic OH excluding ortho intramolecular Hbond substituents is 3. The highest BCUT2D eigenvalue weighted by Gasteiger charge is 2.23. The first kappa shape index (κ1) is 16.6. The zero-order valence-corrected chi connectivity index (χ0v) is 14.6. The van der Waals surface area contributed by atoms with E-state index in [1.165, 1.54) is 23.5 Å². The molecule has 0 amide bonds. The van der Waals surface area contributed by atoms with E-state index in [0.717, 1.165) is 4.88 Å². The average Bonchev–Trinajstić information content (AvgIpc) is 3.12. The summed E-state index contributed by atoms with van der Waals surface area (Å²) >= 11 is 1.51. The molecule has 0 atom stereocenters. The molecule has 3 heterocycles. The van der Waals surface area contributed by atoms with Crippen molar-refractivity contribution >= 4 is 11.3 Å².